The Morgan fingerprint density at radius 1 is 1.20 bits per heavy atom. The summed E-state index contributed by atoms with van der Waals surface area (Å²) < 4.78 is 4.88. The summed E-state index contributed by atoms with van der Waals surface area (Å²) in [5.74, 6) is 1.28. The fraction of sp³-hybridized carbons (Fsp3) is 0.542. The number of hydrogen-bond donors (Lipinski definition) is 2. The Bertz CT molecular complexity index is 793. The van der Waals surface area contributed by atoms with E-state index >= 15 is 0 Å². The summed E-state index contributed by atoms with van der Waals surface area (Å²) in [5, 5.41) is 14.8. The second kappa shape index (κ2) is 11.5. The summed E-state index contributed by atoms with van der Waals surface area (Å²) >= 11 is 0. The normalized spacial score (nSPS) is 20.9. The van der Waals surface area contributed by atoms with E-state index in [1.54, 1.807) is 12.1 Å². The number of nitrogens with one attached hydrogen (secondary N) is 2. The zero-order valence-corrected chi connectivity index (χ0v) is 18.4. The lowest BCUT2D eigenvalue weighted by Crippen LogP contribution is -2.38. The van der Waals surface area contributed by atoms with Crippen LogP contribution in [0.5, 0.6) is 0 Å². The highest BCUT2D eigenvalue weighted by Crippen LogP contribution is 2.38. The minimum Gasteiger partial charge on any atom is -0.375 e. The summed E-state index contributed by atoms with van der Waals surface area (Å²) in [4.78, 5) is 24.3. The zero-order chi connectivity index (χ0) is 22.1. The van der Waals surface area contributed by atoms with Gasteiger partial charge < -0.3 is 15.4 Å². The van der Waals surface area contributed by atoms with Gasteiger partial charge in [0.05, 0.1) is 11.6 Å². The topological polar surface area (TPSA) is 91.2 Å². The predicted molar refractivity (Wildman–Crippen MR) is 116 cm³/mol. The number of nitriles is 1. The number of methoxy groups -OCH3 is 1. The van der Waals surface area contributed by atoms with Crippen molar-refractivity contribution in [2.24, 2.45) is 23.7 Å². The van der Waals surface area contributed by atoms with E-state index in [-0.39, 0.29) is 30.3 Å². The lowest BCUT2D eigenvalue weighted by Gasteiger charge is -2.37. The Morgan fingerprint density at radius 3 is 2.50 bits per heavy atom. The van der Waals surface area contributed by atoms with Crippen LogP contribution in [0, 0.1) is 35.0 Å². The number of allylic oxidation sites excluding steroid dienone is 1. The van der Waals surface area contributed by atoms with Gasteiger partial charge in [-0.15, -0.1) is 0 Å². The van der Waals surface area contributed by atoms with Gasteiger partial charge in [-0.25, -0.2) is 0 Å². The number of hydrogen-bond acceptors (Lipinski definition) is 4. The van der Waals surface area contributed by atoms with Crippen molar-refractivity contribution in [3.05, 3.63) is 47.0 Å². The molecule has 1 aromatic carbocycles. The van der Waals surface area contributed by atoms with E-state index < -0.39 is 0 Å². The van der Waals surface area contributed by atoms with Crippen LogP contribution in [0.1, 0.15) is 44.7 Å². The standard InChI is InChI=1S/C24H33N3O3/c1-16(2)22-10-20(17(3)9-21(22)14-27-24(29)15-30-4)11-23(28)26-13-19-7-5-18(12-25)6-8-19/h5-9,16,20-22H,10-11,13-15H2,1-4H3,(H,26,28)(H,27,29)/t20-,21-,22-/m0/s1. The van der Waals surface area contributed by atoms with E-state index in [0.29, 0.717) is 36.9 Å². The Kier molecular flexibility index (Phi) is 9.07. The average molecular weight is 412 g/mol. The molecule has 30 heavy (non-hydrogen) atoms. The monoisotopic (exact) mass is 411 g/mol. The predicted octanol–water partition coefficient (Wildman–Crippen LogP) is 3.18. The van der Waals surface area contributed by atoms with Gasteiger partial charge in [0.1, 0.15) is 6.61 Å². The molecule has 0 radical (unpaired) electrons. The van der Waals surface area contributed by atoms with E-state index in [0.717, 1.165) is 12.0 Å². The van der Waals surface area contributed by atoms with Gasteiger partial charge in [-0.1, -0.05) is 37.6 Å². The van der Waals surface area contributed by atoms with Crippen molar-refractivity contribution in [1.29, 1.82) is 5.26 Å². The minimum absolute atomic E-state index is 0.0338. The number of benzene rings is 1. The molecule has 0 heterocycles. The first-order valence-electron chi connectivity index (χ1n) is 10.5. The molecule has 0 spiro atoms. The highest BCUT2D eigenvalue weighted by Gasteiger charge is 2.32. The Morgan fingerprint density at radius 2 is 1.90 bits per heavy atom. The van der Waals surface area contributed by atoms with E-state index in [1.165, 1.54) is 12.7 Å². The lowest BCUT2D eigenvalue weighted by atomic mass is 9.69. The molecule has 162 valence electrons. The van der Waals surface area contributed by atoms with Gasteiger partial charge in [-0.2, -0.15) is 5.26 Å². The van der Waals surface area contributed by atoms with Crippen molar-refractivity contribution < 1.29 is 14.3 Å². The van der Waals surface area contributed by atoms with E-state index in [2.05, 4.69) is 43.6 Å². The van der Waals surface area contributed by atoms with Crippen LogP contribution in [0.25, 0.3) is 0 Å². The maximum Gasteiger partial charge on any atom is 0.246 e. The van der Waals surface area contributed by atoms with Crippen LogP contribution in [-0.4, -0.2) is 32.1 Å². The maximum atomic E-state index is 12.5. The van der Waals surface area contributed by atoms with Crippen molar-refractivity contribution in [3.63, 3.8) is 0 Å². The molecular formula is C24H33N3O3. The third-order valence-electron chi connectivity index (χ3n) is 5.90. The lowest BCUT2D eigenvalue weighted by molar-refractivity contribution is -0.125. The van der Waals surface area contributed by atoms with E-state index in [4.69, 9.17) is 10.00 Å². The molecule has 0 unspecified atom stereocenters. The molecule has 0 aromatic heterocycles. The van der Waals surface area contributed by atoms with Crippen LogP contribution in [0.3, 0.4) is 0 Å². The van der Waals surface area contributed by atoms with Crippen LogP contribution >= 0.6 is 0 Å². The van der Waals surface area contributed by atoms with Crippen LogP contribution < -0.4 is 10.6 Å². The van der Waals surface area contributed by atoms with Crippen LogP contribution in [0.15, 0.2) is 35.9 Å². The first-order chi connectivity index (χ1) is 14.3. The number of nitrogens with zero attached hydrogens (tertiary/aromatic N) is 1. The molecule has 0 aliphatic heterocycles. The molecule has 0 saturated carbocycles. The molecule has 3 atom stereocenters. The molecule has 0 saturated heterocycles. The number of ether oxygens (including phenoxy) is 1. The molecule has 2 N–H and O–H groups in total. The second-order valence-corrected chi connectivity index (χ2v) is 8.44. The zero-order valence-electron chi connectivity index (χ0n) is 18.4. The molecule has 1 aliphatic carbocycles. The van der Waals surface area contributed by atoms with Crippen molar-refractivity contribution in [2.75, 3.05) is 20.3 Å². The molecule has 0 bridgehead atoms. The Hall–Kier alpha value is -2.65. The van der Waals surface area contributed by atoms with Crippen molar-refractivity contribution >= 4 is 11.8 Å². The first kappa shape index (κ1) is 23.6. The molecule has 1 aromatic rings. The molecular weight excluding hydrogens is 378 g/mol. The SMILES string of the molecule is COCC(=O)NC[C@@H]1C=C(C)[C@H](CC(=O)NCc2ccc(C#N)cc2)C[C@H]1C(C)C. The number of amides is 2. The Labute approximate surface area is 179 Å². The van der Waals surface area contributed by atoms with Gasteiger partial charge in [-0.3, -0.25) is 9.59 Å². The first-order valence-corrected chi connectivity index (χ1v) is 10.5. The summed E-state index contributed by atoms with van der Waals surface area (Å²) in [6, 6.07) is 9.34. The molecule has 6 nitrogen and oxygen atoms in total. The van der Waals surface area contributed by atoms with Crippen LogP contribution in [-0.2, 0) is 20.9 Å². The fourth-order valence-corrected chi connectivity index (χ4v) is 4.12. The third-order valence-corrected chi connectivity index (χ3v) is 5.90. The van der Waals surface area contributed by atoms with Gasteiger partial charge >= 0.3 is 0 Å². The van der Waals surface area contributed by atoms with Gasteiger partial charge in [0.2, 0.25) is 11.8 Å². The van der Waals surface area contributed by atoms with Gasteiger partial charge in [0, 0.05) is 26.6 Å². The largest absolute Gasteiger partial charge is 0.375 e. The van der Waals surface area contributed by atoms with Crippen molar-refractivity contribution in [1.82, 2.24) is 10.6 Å². The number of carbonyl (C=O) groups excluding carboxylic acids is 2. The average Bonchev–Trinajstić information content (AvgIpc) is 2.72. The number of rotatable bonds is 9. The summed E-state index contributed by atoms with van der Waals surface area (Å²) in [6.07, 6.45) is 3.64. The molecule has 1 aliphatic rings. The maximum absolute atomic E-state index is 12.5. The van der Waals surface area contributed by atoms with Gasteiger partial charge in [0.25, 0.3) is 0 Å². The fourth-order valence-electron chi connectivity index (χ4n) is 4.12. The number of carbonyl (C=O) groups is 2. The van der Waals surface area contributed by atoms with Crippen LogP contribution in [0.4, 0.5) is 0 Å². The molecule has 2 rings (SSSR count). The van der Waals surface area contributed by atoms with Gasteiger partial charge in [-0.05, 0) is 54.7 Å². The molecule has 6 heteroatoms. The highest BCUT2D eigenvalue weighted by molar-refractivity contribution is 5.77. The quantitative estimate of drug-likeness (QED) is 0.611. The van der Waals surface area contributed by atoms with E-state index in [1.807, 2.05) is 12.1 Å². The third kappa shape index (κ3) is 7.00. The van der Waals surface area contributed by atoms with E-state index in [9.17, 15) is 9.59 Å². The summed E-state index contributed by atoms with van der Waals surface area (Å²) in [6.45, 7) is 7.61. The summed E-state index contributed by atoms with van der Waals surface area (Å²) in [5.41, 5.74) is 2.80. The van der Waals surface area contributed by atoms with Gasteiger partial charge in [0.15, 0.2) is 0 Å². The highest BCUT2D eigenvalue weighted by atomic mass is 16.5. The minimum atomic E-state index is -0.102. The smallest absolute Gasteiger partial charge is 0.246 e. The Balaban J connectivity index is 1.93. The van der Waals surface area contributed by atoms with Crippen LogP contribution in [0.2, 0.25) is 0 Å². The van der Waals surface area contributed by atoms with Crippen molar-refractivity contribution in [2.45, 2.75) is 40.2 Å². The van der Waals surface area contributed by atoms with Crippen molar-refractivity contribution in [3.8, 4) is 6.07 Å². The molecule has 2 amide bonds. The summed E-state index contributed by atoms with van der Waals surface area (Å²) in [7, 11) is 1.51. The second-order valence-electron chi connectivity index (χ2n) is 8.44. The molecule has 0 fully saturated rings.